The molecule has 0 saturated carbocycles. The van der Waals surface area contributed by atoms with E-state index in [1.54, 1.807) is 13.1 Å². The van der Waals surface area contributed by atoms with Gasteiger partial charge in [-0.25, -0.2) is 4.98 Å². The van der Waals surface area contributed by atoms with Gasteiger partial charge in [0.2, 0.25) is 23.5 Å². The molecule has 2 saturated heterocycles. The summed E-state index contributed by atoms with van der Waals surface area (Å²) in [5.74, 6) is 1.88. The molecular weight excluding hydrogens is 336 g/mol. The Bertz CT molecular complexity index is 810. The molecule has 0 bridgehead atoms. The van der Waals surface area contributed by atoms with Gasteiger partial charge in [0.25, 0.3) is 0 Å². The van der Waals surface area contributed by atoms with E-state index >= 15 is 0 Å². The normalized spacial score (nSPS) is 20.3. The summed E-state index contributed by atoms with van der Waals surface area (Å²) in [7, 11) is 0. The Balaban J connectivity index is 1.36. The molecule has 0 aliphatic carbocycles. The highest BCUT2D eigenvalue weighted by atomic mass is 16.5. The van der Waals surface area contributed by atoms with Gasteiger partial charge >= 0.3 is 0 Å². The van der Waals surface area contributed by atoms with E-state index in [1.165, 1.54) is 0 Å². The van der Waals surface area contributed by atoms with Crippen molar-refractivity contribution in [3.63, 3.8) is 0 Å². The fourth-order valence-electron chi connectivity index (χ4n) is 3.30. The molecule has 4 rings (SSSR count). The second kappa shape index (κ2) is 6.74. The zero-order valence-corrected chi connectivity index (χ0v) is 14.5. The van der Waals surface area contributed by atoms with Crippen LogP contribution in [0.4, 0.5) is 5.82 Å². The van der Waals surface area contributed by atoms with Crippen LogP contribution in [-0.4, -0.2) is 64.1 Å². The number of pyridine rings is 1. The van der Waals surface area contributed by atoms with Gasteiger partial charge in [-0.15, -0.1) is 0 Å². The van der Waals surface area contributed by atoms with Crippen molar-refractivity contribution in [1.29, 1.82) is 0 Å². The summed E-state index contributed by atoms with van der Waals surface area (Å²) >= 11 is 0. The molecule has 1 N–H and O–H groups in total. The maximum atomic E-state index is 12.4. The molecular formula is C17H20N6O3. The minimum Gasteiger partial charge on any atom is -0.353 e. The highest BCUT2D eigenvalue weighted by molar-refractivity contribution is 5.90. The fourth-order valence-corrected chi connectivity index (χ4v) is 3.30. The van der Waals surface area contributed by atoms with E-state index in [-0.39, 0.29) is 17.9 Å². The van der Waals surface area contributed by atoms with E-state index in [4.69, 9.17) is 4.52 Å². The average molecular weight is 356 g/mol. The quantitative estimate of drug-likeness (QED) is 0.847. The zero-order chi connectivity index (χ0) is 18.1. The number of hydrogen-bond donors (Lipinski definition) is 1. The number of anilines is 1. The minimum atomic E-state index is -0.357. The number of carbonyl (C=O) groups excluding carboxylic acids is 2. The number of carbonyl (C=O) groups is 2. The van der Waals surface area contributed by atoms with E-state index in [0.717, 1.165) is 11.4 Å². The van der Waals surface area contributed by atoms with Crippen LogP contribution in [0.2, 0.25) is 0 Å². The van der Waals surface area contributed by atoms with Crippen molar-refractivity contribution in [1.82, 2.24) is 25.3 Å². The third-order valence-electron chi connectivity index (χ3n) is 4.74. The van der Waals surface area contributed by atoms with E-state index in [0.29, 0.717) is 50.7 Å². The number of nitrogens with zero attached hydrogens (tertiary/aromatic N) is 5. The van der Waals surface area contributed by atoms with Gasteiger partial charge in [-0.05, 0) is 18.6 Å². The van der Waals surface area contributed by atoms with Crippen molar-refractivity contribution in [2.24, 2.45) is 0 Å². The Morgan fingerprint density at radius 3 is 2.65 bits per heavy atom. The van der Waals surface area contributed by atoms with Crippen molar-refractivity contribution in [2.45, 2.75) is 25.8 Å². The standard InChI is InChI=1S/C17H20N6O3/c1-11-19-16(21-26-11)12-2-4-14(18-10-12)22-6-8-23(9-7-22)17(25)13-3-5-15(24)20-13/h2,4,10,13H,3,5-9H2,1H3,(H,20,24)/t13-/m1/s1. The summed E-state index contributed by atoms with van der Waals surface area (Å²) in [6, 6.07) is 3.48. The van der Waals surface area contributed by atoms with Gasteiger partial charge in [-0.2, -0.15) is 4.98 Å². The lowest BCUT2D eigenvalue weighted by Crippen LogP contribution is -2.53. The molecule has 2 aromatic rings. The van der Waals surface area contributed by atoms with Crippen LogP contribution in [0.15, 0.2) is 22.9 Å². The molecule has 136 valence electrons. The number of rotatable bonds is 3. The Morgan fingerprint density at radius 1 is 1.27 bits per heavy atom. The molecule has 2 aliphatic heterocycles. The number of aryl methyl sites for hydroxylation is 1. The number of hydrogen-bond acceptors (Lipinski definition) is 7. The predicted octanol–water partition coefficient (Wildman–Crippen LogP) is 0.367. The van der Waals surface area contributed by atoms with Crippen molar-refractivity contribution in [3.8, 4) is 11.4 Å². The molecule has 0 spiro atoms. The van der Waals surface area contributed by atoms with E-state index in [9.17, 15) is 9.59 Å². The van der Waals surface area contributed by atoms with Crippen LogP contribution in [0.5, 0.6) is 0 Å². The zero-order valence-electron chi connectivity index (χ0n) is 14.5. The summed E-state index contributed by atoms with van der Waals surface area (Å²) in [6.45, 7) is 4.41. The number of amides is 2. The van der Waals surface area contributed by atoms with Gasteiger partial charge in [-0.3, -0.25) is 9.59 Å². The topological polar surface area (TPSA) is 104 Å². The van der Waals surface area contributed by atoms with E-state index in [1.807, 2.05) is 17.0 Å². The lowest BCUT2D eigenvalue weighted by Gasteiger charge is -2.36. The monoisotopic (exact) mass is 356 g/mol. The summed E-state index contributed by atoms with van der Waals surface area (Å²) in [5, 5.41) is 6.63. The van der Waals surface area contributed by atoms with Crippen LogP contribution in [0.1, 0.15) is 18.7 Å². The third-order valence-corrected chi connectivity index (χ3v) is 4.74. The van der Waals surface area contributed by atoms with Crippen LogP contribution in [-0.2, 0) is 9.59 Å². The Hall–Kier alpha value is -2.97. The maximum absolute atomic E-state index is 12.4. The summed E-state index contributed by atoms with van der Waals surface area (Å²) in [4.78, 5) is 36.4. The number of nitrogens with one attached hydrogen (secondary N) is 1. The lowest BCUT2D eigenvalue weighted by atomic mass is 10.2. The third kappa shape index (κ3) is 3.24. The van der Waals surface area contributed by atoms with Gasteiger partial charge in [0, 0.05) is 51.3 Å². The van der Waals surface area contributed by atoms with Gasteiger partial charge in [0.1, 0.15) is 11.9 Å². The smallest absolute Gasteiger partial charge is 0.245 e. The van der Waals surface area contributed by atoms with Crippen LogP contribution >= 0.6 is 0 Å². The Labute approximate surface area is 150 Å². The Morgan fingerprint density at radius 2 is 2.08 bits per heavy atom. The van der Waals surface area contributed by atoms with E-state index in [2.05, 4.69) is 25.3 Å². The summed E-state index contributed by atoms with van der Waals surface area (Å²) in [5.41, 5.74) is 0.802. The Kier molecular flexibility index (Phi) is 4.27. The molecule has 2 aromatic heterocycles. The molecule has 0 radical (unpaired) electrons. The molecule has 0 unspecified atom stereocenters. The van der Waals surface area contributed by atoms with Crippen LogP contribution in [0.25, 0.3) is 11.4 Å². The molecule has 26 heavy (non-hydrogen) atoms. The highest BCUT2D eigenvalue weighted by Gasteiger charge is 2.32. The van der Waals surface area contributed by atoms with Crippen LogP contribution in [0.3, 0.4) is 0 Å². The molecule has 2 fully saturated rings. The van der Waals surface area contributed by atoms with Crippen LogP contribution in [0, 0.1) is 6.92 Å². The highest BCUT2D eigenvalue weighted by Crippen LogP contribution is 2.20. The van der Waals surface area contributed by atoms with Gasteiger partial charge in [0.15, 0.2) is 0 Å². The molecule has 2 amide bonds. The maximum Gasteiger partial charge on any atom is 0.245 e. The number of aromatic nitrogens is 3. The second-order valence-corrected chi connectivity index (χ2v) is 6.51. The van der Waals surface area contributed by atoms with Gasteiger partial charge < -0.3 is 19.6 Å². The lowest BCUT2D eigenvalue weighted by molar-refractivity contribution is -0.134. The van der Waals surface area contributed by atoms with Crippen LogP contribution < -0.4 is 10.2 Å². The summed E-state index contributed by atoms with van der Waals surface area (Å²) < 4.78 is 4.99. The molecule has 2 aliphatic rings. The van der Waals surface area contributed by atoms with Crippen molar-refractivity contribution >= 4 is 17.6 Å². The first kappa shape index (κ1) is 16.5. The largest absolute Gasteiger partial charge is 0.353 e. The SMILES string of the molecule is Cc1nc(-c2ccc(N3CCN(C(=O)[C@H]4CCC(=O)N4)CC3)nc2)no1. The van der Waals surface area contributed by atoms with Gasteiger partial charge in [0.05, 0.1) is 0 Å². The molecule has 9 nitrogen and oxygen atoms in total. The first-order chi connectivity index (χ1) is 12.6. The predicted molar refractivity (Wildman–Crippen MR) is 92.2 cm³/mol. The fraction of sp³-hybridized carbons (Fsp3) is 0.471. The van der Waals surface area contributed by atoms with Crippen molar-refractivity contribution in [2.75, 3.05) is 31.1 Å². The average Bonchev–Trinajstić information content (AvgIpc) is 3.30. The first-order valence-electron chi connectivity index (χ1n) is 8.70. The number of piperazine rings is 1. The minimum absolute atomic E-state index is 0.0197. The molecule has 0 aromatic carbocycles. The summed E-state index contributed by atoms with van der Waals surface area (Å²) in [6.07, 6.45) is 2.76. The first-order valence-corrected chi connectivity index (χ1v) is 8.70. The molecule has 9 heteroatoms. The second-order valence-electron chi connectivity index (χ2n) is 6.51. The molecule has 4 heterocycles. The molecule has 1 atom stereocenters. The van der Waals surface area contributed by atoms with Gasteiger partial charge in [-0.1, -0.05) is 5.16 Å². The van der Waals surface area contributed by atoms with E-state index < -0.39 is 0 Å². The van der Waals surface area contributed by atoms with Crippen molar-refractivity contribution < 1.29 is 14.1 Å². The van der Waals surface area contributed by atoms with Crippen molar-refractivity contribution in [3.05, 3.63) is 24.2 Å².